The molecule has 1 aromatic carbocycles. The van der Waals surface area contributed by atoms with Gasteiger partial charge in [0.1, 0.15) is 5.75 Å². The topological polar surface area (TPSA) is 21.3 Å². The monoisotopic (exact) mass is 259 g/mol. The van der Waals surface area contributed by atoms with E-state index >= 15 is 0 Å². The Morgan fingerprint density at radius 3 is 3.16 bits per heavy atom. The van der Waals surface area contributed by atoms with Crippen molar-refractivity contribution < 1.29 is 4.74 Å². The van der Waals surface area contributed by atoms with Crippen LogP contribution in [0.2, 0.25) is 0 Å². The van der Waals surface area contributed by atoms with E-state index in [0.717, 1.165) is 31.7 Å². The van der Waals surface area contributed by atoms with E-state index in [4.69, 9.17) is 4.74 Å². The average Bonchev–Trinajstić information content (AvgIpc) is 2.90. The van der Waals surface area contributed by atoms with Crippen molar-refractivity contribution in [1.82, 2.24) is 5.32 Å². The summed E-state index contributed by atoms with van der Waals surface area (Å²) in [6.45, 7) is 7.93. The van der Waals surface area contributed by atoms with E-state index in [1.807, 2.05) is 6.08 Å². The van der Waals surface area contributed by atoms with Crippen molar-refractivity contribution in [3.63, 3.8) is 0 Å². The van der Waals surface area contributed by atoms with Crippen LogP contribution in [-0.2, 0) is 6.42 Å². The maximum absolute atomic E-state index is 5.58. The summed E-state index contributed by atoms with van der Waals surface area (Å²) in [5.41, 5.74) is 2.77. The zero-order valence-electron chi connectivity index (χ0n) is 12.0. The molecule has 2 nitrogen and oxygen atoms in total. The molecule has 0 radical (unpaired) electrons. The lowest BCUT2D eigenvalue weighted by molar-refractivity contribution is 0.356. The van der Waals surface area contributed by atoms with Gasteiger partial charge in [-0.25, -0.2) is 0 Å². The SMILES string of the molecule is C=CCCCC(NCCC)c1ccc2c(c1)CCO2. The molecule has 0 amide bonds. The van der Waals surface area contributed by atoms with Crippen molar-refractivity contribution in [2.45, 2.75) is 45.1 Å². The molecular formula is C17H25NO. The first-order valence-electron chi connectivity index (χ1n) is 7.45. The first-order valence-corrected chi connectivity index (χ1v) is 7.45. The number of benzene rings is 1. The highest BCUT2D eigenvalue weighted by Gasteiger charge is 2.16. The molecule has 1 N–H and O–H groups in total. The van der Waals surface area contributed by atoms with Gasteiger partial charge in [0, 0.05) is 12.5 Å². The van der Waals surface area contributed by atoms with Crippen molar-refractivity contribution in [3.8, 4) is 5.75 Å². The van der Waals surface area contributed by atoms with Crippen molar-refractivity contribution >= 4 is 0 Å². The quantitative estimate of drug-likeness (QED) is 0.562. The highest BCUT2D eigenvalue weighted by atomic mass is 16.5. The van der Waals surface area contributed by atoms with Crippen LogP contribution in [0.4, 0.5) is 0 Å². The van der Waals surface area contributed by atoms with Crippen LogP contribution in [0.5, 0.6) is 5.75 Å². The Bertz CT molecular complexity index is 414. The lowest BCUT2D eigenvalue weighted by Crippen LogP contribution is -2.22. The minimum Gasteiger partial charge on any atom is -0.493 e. The Labute approximate surface area is 116 Å². The smallest absolute Gasteiger partial charge is 0.122 e. The second-order valence-corrected chi connectivity index (χ2v) is 5.19. The van der Waals surface area contributed by atoms with Crippen LogP contribution in [0.25, 0.3) is 0 Å². The maximum atomic E-state index is 5.58. The third-order valence-electron chi connectivity index (χ3n) is 3.66. The lowest BCUT2D eigenvalue weighted by Gasteiger charge is -2.19. The summed E-state index contributed by atoms with van der Waals surface area (Å²) in [6.07, 6.45) is 7.69. The third kappa shape index (κ3) is 3.84. The van der Waals surface area contributed by atoms with Crippen molar-refractivity contribution in [2.75, 3.05) is 13.2 Å². The Kier molecular flexibility index (Phi) is 5.46. The molecule has 0 saturated carbocycles. The molecule has 0 bridgehead atoms. The van der Waals surface area contributed by atoms with E-state index in [2.05, 4.69) is 37.0 Å². The standard InChI is InChI=1S/C17H25NO/c1-3-5-6-7-16(18-11-4-2)14-8-9-17-15(13-14)10-12-19-17/h3,8-9,13,16,18H,1,4-7,10-12H2,2H3. The number of hydrogen-bond acceptors (Lipinski definition) is 2. The van der Waals surface area contributed by atoms with E-state index in [-0.39, 0.29) is 0 Å². The van der Waals surface area contributed by atoms with Crippen molar-refractivity contribution in [1.29, 1.82) is 0 Å². The Morgan fingerprint density at radius 2 is 2.37 bits per heavy atom. The van der Waals surface area contributed by atoms with Gasteiger partial charge in [-0.3, -0.25) is 0 Å². The predicted molar refractivity (Wildman–Crippen MR) is 80.7 cm³/mol. The van der Waals surface area contributed by atoms with Crippen LogP contribution in [-0.4, -0.2) is 13.2 Å². The van der Waals surface area contributed by atoms with Crippen LogP contribution in [0.3, 0.4) is 0 Å². The molecule has 104 valence electrons. The van der Waals surface area contributed by atoms with Crippen LogP contribution in [0.15, 0.2) is 30.9 Å². The molecule has 2 rings (SSSR count). The fourth-order valence-corrected chi connectivity index (χ4v) is 2.59. The van der Waals surface area contributed by atoms with Gasteiger partial charge in [-0.2, -0.15) is 0 Å². The number of nitrogens with one attached hydrogen (secondary N) is 1. The first-order chi connectivity index (χ1) is 9.35. The fourth-order valence-electron chi connectivity index (χ4n) is 2.59. The lowest BCUT2D eigenvalue weighted by atomic mass is 9.98. The summed E-state index contributed by atoms with van der Waals surface area (Å²) in [7, 11) is 0. The Morgan fingerprint density at radius 1 is 1.47 bits per heavy atom. The van der Waals surface area contributed by atoms with Gasteiger partial charge in [-0.1, -0.05) is 25.1 Å². The fraction of sp³-hybridized carbons (Fsp3) is 0.529. The van der Waals surface area contributed by atoms with Crippen molar-refractivity contribution in [2.24, 2.45) is 0 Å². The van der Waals surface area contributed by atoms with Gasteiger partial charge in [0.25, 0.3) is 0 Å². The number of unbranched alkanes of at least 4 members (excludes halogenated alkanes) is 1. The molecule has 2 heteroatoms. The second-order valence-electron chi connectivity index (χ2n) is 5.19. The van der Waals surface area contributed by atoms with Crippen molar-refractivity contribution in [3.05, 3.63) is 42.0 Å². The molecule has 0 aromatic heterocycles. The molecule has 0 spiro atoms. The van der Waals surface area contributed by atoms with Gasteiger partial charge in [0.05, 0.1) is 6.61 Å². The molecule has 1 aliphatic rings. The number of ether oxygens (including phenoxy) is 1. The van der Waals surface area contributed by atoms with Crippen LogP contribution in [0, 0.1) is 0 Å². The zero-order valence-corrected chi connectivity index (χ0v) is 12.0. The normalized spacial score (nSPS) is 14.8. The molecule has 0 saturated heterocycles. The summed E-state index contributed by atoms with van der Waals surface area (Å²) < 4.78 is 5.58. The summed E-state index contributed by atoms with van der Waals surface area (Å²) in [5.74, 6) is 1.07. The summed E-state index contributed by atoms with van der Waals surface area (Å²) in [4.78, 5) is 0. The van der Waals surface area contributed by atoms with Gasteiger partial charge in [-0.05, 0) is 49.4 Å². The van der Waals surface area contributed by atoms with E-state index in [9.17, 15) is 0 Å². The number of hydrogen-bond donors (Lipinski definition) is 1. The average molecular weight is 259 g/mol. The number of rotatable bonds is 8. The van der Waals surface area contributed by atoms with Crippen LogP contribution in [0.1, 0.15) is 49.8 Å². The third-order valence-corrected chi connectivity index (χ3v) is 3.66. The minimum atomic E-state index is 0.464. The Hall–Kier alpha value is -1.28. The highest BCUT2D eigenvalue weighted by Crippen LogP contribution is 2.29. The molecule has 1 unspecified atom stereocenters. The predicted octanol–water partition coefficient (Wildman–Crippen LogP) is 4.02. The van der Waals surface area contributed by atoms with Gasteiger partial charge in [0.2, 0.25) is 0 Å². The molecule has 1 atom stereocenters. The van der Waals surface area contributed by atoms with Gasteiger partial charge in [-0.15, -0.1) is 6.58 Å². The molecular weight excluding hydrogens is 234 g/mol. The van der Waals surface area contributed by atoms with Gasteiger partial charge >= 0.3 is 0 Å². The Balaban J connectivity index is 2.05. The van der Waals surface area contributed by atoms with E-state index in [0.29, 0.717) is 6.04 Å². The van der Waals surface area contributed by atoms with Crippen LogP contribution < -0.4 is 10.1 Å². The molecule has 19 heavy (non-hydrogen) atoms. The second kappa shape index (κ2) is 7.34. The molecule has 0 aliphatic carbocycles. The van der Waals surface area contributed by atoms with Gasteiger partial charge in [0.15, 0.2) is 0 Å². The minimum absolute atomic E-state index is 0.464. The number of fused-ring (bicyclic) bond motifs is 1. The van der Waals surface area contributed by atoms with Crippen LogP contribution >= 0.6 is 0 Å². The molecule has 0 fully saturated rings. The number of allylic oxidation sites excluding steroid dienone is 1. The molecule has 1 heterocycles. The first kappa shape index (κ1) is 14.1. The van der Waals surface area contributed by atoms with E-state index in [1.165, 1.54) is 30.4 Å². The van der Waals surface area contributed by atoms with Gasteiger partial charge < -0.3 is 10.1 Å². The highest BCUT2D eigenvalue weighted by molar-refractivity contribution is 5.40. The summed E-state index contributed by atoms with van der Waals surface area (Å²) in [6, 6.07) is 7.13. The van der Waals surface area contributed by atoms with E-state index < -0.39 is 0 Å². The summed E-state index contributed by atoms with van der Waals surface area (Å²) >= 11 is 0. The zero-order chi connectivity index (χ0) is 13.5. The molecule has 1 aromatic rings. The molecule has 1 aliphatic heterocycles. The summed E-state index contributed by atoms with van der Waals surface area (Å²) in [5, 5.41) is 3.66. The largest absolute Gasteiger partial charge is 0.493 e. The van der Waals surface area contributed by atoms with E-state index in [1.54, 1.807) is 0 Å². The maximum Gasteiger partial charge on any atom is 0.122 e.